The Kier molecular flexibility index (Phi) is 4.94. The van der Waals surface area contributed by atoms with Crippen molar-refractivity contribution in [3.8, 4) is 0 Å². The summed E-state index contributed by atoms with van der Waals surface area (Å²) in [5.74, 6) is -0.550. The first-order valence-electron chi connectivity index (χ1n) is 7.64. The van der Waals surface area contributed by atoms with E-state index in [-0.39, 0.29) is 5.69 Å². The van der Waals surface area contributed by atoms with Gasteiger partial charge in [-0.25, -0.2) is 4.98 Å². The zero-order valence-corrected chi connectivity index (χ0v) is 14.3. The molecule has 1 aromatic rings. The number of nitrogens with one attached hydrogen (secondary N) is 1. The van der Waals surface area contributed by atoms with Crippen molar-refractivity contribution in [2.45, 2.75) is 38.9 Å². The largest absolute Gasteiger partial charge is 0.491 e. The van der Waals surface area contributed by atoms with E-state index >= 15 is 0 Å². The van der Waals surface area contributed by atoms with Crippen molar-refractivity contribution in [1.82, 2.24) is 10.3 Å². The molecule has 1 amide bonds. The Balaban J connectivity index is 2.32. The minimum atomic E-state index is -0.550. The highest BCUT2D eigenvalue weighted by molar-refractivity contribution is 6.55. The summed E-state index contributed by atoms with van der Waals surface area (Å²) < 4.78 is 12.2. The lowest BCUT2D eigenvalue weighted by atomic mass is 9.77. The average Bonchev–Trinajstić information content (AvgIpc) is 2.67. The number of nitrogens with zero attached hydrogens (tertiary/aromatic N) is 1. The van der Waals surface area contributed by atoms with Crippen molar-refractivity contribution in [3.63, 3.8) is 0 Å². The molecular formula is C16H24BN3O3. The molecule has 7 heteroatoms. The highest BCUT2D eigenvalue weighted by Crippen LogP contribution is 2.38. The summed E-state index contributed by atoms with van der Waals surface area (Å²) in [4.78, 5) is 15.5. The summed E-state index contributed by atoms with van der Waals surface area (Å²) in [6, 6.07) is 5.15. The second-order valence-corrected chi connectivity index (χ2v) is 6.65. The first-order valence-corrected chi connectivity index (χ1v) is 7.64. The molecule has 1 aliphatic rings. The van der Waals surface area contributed by atoms with Crippen LogP contribution in [0.2, 0.25) is 0 Å². The van der Waals surface area contributed by atoms with Crippen molar-refractivity contribution in [2.75, 3.05) is 13.6 Å². The van der Waals surface area contributed by atoms with Gasteiger partial charge in [0.25, 0.3) is 5.91 Å². The Morgan fingerprint density at radius 2 is 1.91 bits per heavy atom. The number of carbonyl (C=O) groups is 1. The van der Waals surface area contributed by atoms with E-state index in [9.17, 15) is 4.79 Å². The molecule has 0 saturated carbocycles. The molecule has 0 aromatic carbocycles. The number of nitrogens with two attached hydrogens (primary N) is 1. The minimum Gasteiger partial charge on any atom is -0.400 e. The van der Waals surface area contributed by atoms with Gasteiger partial charge in [-0.15, -0.1) is 0 Å². The monoisotopic (exact) mass is 317 g/mol. The molecule has 3 N–H and O–H groups in total. The van der Waals surface area contributed by atoms with Crippen LogP contribution in [-0.4, -0.2) is 42.8 Å². The maximum atomic E-state index is 11.3. The Morgan fingerprint density at radius 3 is 2.43 bits per heavy atom. The Bertz CT molecular complexity index is 613. The SMILES string of the molecule is CNCC(=Cc1cccc(C(N)=O)n1)B1OC(C)(C)C(C)(C)O1. The lowest BCUT2D eigenvalue weighted by Crippen LogP contribution is -2.41. The number of hydrogen-bond donors (Lipinski definition) is 2. The van der Waals surface area contributed by atoms with Gasteiger partial charge in [0.15, 0.2) is 0 Å². The van der Waals surface area contributed by atoms with Crippen molar-refractivity contribution in [3.05, 3.63) is 35.1 Å². The van der Waals surface area contributed by atoms with Crippen LogP contribution >= 0.6 is 0 Å². The third-order valence-electron chi connectivity index (χ3n) is 4.29. The first kappa shape index (κ1) is 17.7. The van der Waals surface area contributed by atoms with Crippen LogP contribution in [0.5, 0.6) is 0 Å². The van der Waals surface area contributed by atoms with Gasteiger partial charge in [-0.1, -0.05) is 6.07 Å². The first-order chi connectivity index (χ1) is 10.7. The van der Waals surface area contributed by atoms with Gasteiger partial charge in [-0.05, 0) is 58.4 Å². The van der Waals surface area contributed by atoms with Gasteiger partial charge in [0.05, 0.1) is 16.9 Å². The van der Waals surface area contributed by atoms with Crippen LogP contribution in [0.25, 0.3) is 6.08 Å². The van der Waals surface area contributed by atoms with Gasteiger partial charge < -0.3 is 20.4 Å². The topological polar surface area (TPSA) is 86.5 Å². The normalized spacial score (nSPS) is 19.9. The summed E-state index contributed by atoms with van der Waals surface area (Å²) in [5, 5.41) is 3.11. The zero-order chi connectivity index (χ0) is 17.3. The van der Waals surface area contributed by atoms with Gasteiger partial charge in [-0.2, -0.15) is 0 Å². The Hall–Kier alpha value is -1.70. The number of primary amides is 1. The third-order valence-corrected chi connectivity index (χ3v) is 4.29. The van der Waals surface area contributed by atoms with Crippen LogP contribution < -0.4 is 11.1 Å². The molecule has 1 aromatic heterocycles. The van der Waals surface area contributed by atoms with Gasteiger partial charge in [0, 0.05) is 6.54 Å². The van der Waals surface area contributed by atoms with Gasteiger partial charge >= 0.3 is 7.12 Å². The summed E-state index contributed by atoms with van der Waals surface area (Å²) in [7, 11) is 1.39. The minimum absolute atomic E-state index is 0.233. The second-order valence-electron chi connectivity index (χ2n) is 6.65. The molecule has 1 fully saturated rings. The summed E-state index contributed by atoms with van der Waals surface area (Å²) in [5.41, 5.74) is 6.24. The highest BCUT2D eigenvalue weighted by Gasteiger charge is 2.52. The number of pyridine rings is 1. The van der Waals surface area contributed by atoms with Crippen LogP contribution in [0.4, 0.5) is 0 Å². The number of hydrogen-bond acceptors (Lipinski definition) is 5. The summed E-state index contributed by atoms with van der Waals surface area (Å²) in [6.07, 6.45) is 1.87. The van der Waals surface area contributed by atoms with E-state index < -0.39 is 24.2 Å². The number of rotatable bonds is 5. The van der Waals surface area contributed by atoms with E-state index in [0.29, 0.717) is 12.2 Å². The molecule has 23 heavy (non-hydrogen) atoms. The summed E-state index contributed by atoms with van der Waals surface area (Å²) >= 11 is 0. The molecule has 2 heterocycles. The quantitative estimate of drug-likeness (QED) is 0.802. The van der Waals surface area contributed by atoms with E-state index in [0.717, 1.165) is 5.47 Å². The molecule has 0 unspecified atom stereocenters. The fraction of sp³-hybridized carbons (Fsp3) is 0.500. The van der Waals surface area contributed by atoms with Crippen LogP contribution in [0.1, 0.15) is 43.9 Å². The highest BCUT2D eigenvalue weighted by atomic mass is 16.7. The van der Waals surface area contributed by atoms with E-state index in [2.05, 4.69) is 10.3 Å². The predicted molar refractivity (Wildman–Crippen MR) is 90.7 cm³/mol. The Labute approximate surface area is 137 Å². The molecule has 1 aliphatic heterocycles. The molecule has 2 rings (SSSR count). The molecule has 0 radical (unpaired) electrons. The van der Waals surface area contributed by atoms with Gasteiger partial charge in [0.2, 0.25) is 0 Å². The van der Waals surface area contributed by atoms with E-state index in [1.807, 2.05) is 46.9 Å². The van der Waals surface area contributed by atoms with Gasteiger partial charge in [0.1, 0.15) is 5.69 Å². The second kappa shape index (κ2) is 6.43. The number of amides is 1. The molecule has 0 bridgehead atoms. The molecule has 1 saturated heterocycles. The van der Waals surface area contributed by atoms with Crippen LogP contribution in [0.3, 0.4) is 0 Å². The maximum Gasteiger partial charge on any atom is 0.491 e. The van der Waals surface area contributed by atoms with Crippen molar-refractivity contribution >= 4 is 19.1 Å². The Morgan fingerprint density at radius 1 is 1.30 bits per heavy atom. The van der Waals surface area contributed by atoms with E-state index in [1.54, 1.807) is 12.1 Å². The van der Waals surface area contributed by atoms with Crippen LogP contribution in [-0.2, 0) is 9.31 Å². The van der Waals surface area contributed by atoms with Crippen molar-refractivity contribution in [1.29, 1.82) is 0 Å². The lowest BCUT2D eigenvalue weighted by Gasteiger charge is -2.32. The van der Waals surface area contributed by atoms with E-state index in [1.165, 1.54) is 0 Å². The predicted octanol–water partition coefficient (Wildman–Crippen LogP) is 1.41. The van der Waals surface area contributed by atoms with Gasteiger partial charge in [-0.3, -0.25) is 4.79 Å². The standard InChI is InChI=1S/C16H24BN3O3/c1-15(2)16(3,4)23-17(22-15)11(10-19-5)9-12-7-6-8-13(20-12)14(18)21/h6-9,19H,10H2,1-5H3,(H2,18,21). The van der Waals surface area contributed by atoms with Crippen molar-refractivity contribution < 1.29 is 14.1 Å². The lowest BCUT2D eigenvalue weighted by molar-refractivity contribution is 0.00578. The summed E-state index contributed by atoms with van der Waals surface area (Å²) in [6.45, 7) is 8.62. The zero-order valence-electron chi connectivity index (χ0n) is 14.3. The van der Waals surface area contributed by atoms with Crippen molar-refractivity contribution in [2.24, 2.45) is 5.73 Å². The molecule has 6 nitrogen and oxygen atoms in total. The maximum absolute atomic E-state index is 11.3. The molecule has 0 atom stereocenters. The number of likely N-dealkylation sites (N-methyl/N-ethyl adjacent to an activating group) is 1. The van der Waals surface area contributed by atoms with E-state index in [4.69, 9.17) is 15.0 Å². The molecule has 0 spiro atoms. The average molecular weight is 317 g/mol. The molecular weight excluding hydrogens is 293 g/mol. The third kappa shape index (κ3) is 3.80. The number of aromatic nitrogens is 1. The molecule has 124 valence electrons. The van der Waals surface area contributed by atoms with Crippen LogP contribution in [0.15, 0.2) is 23.7 Å². The fourth-order valence-corrected chi connectivity index (χ4v) is 2.26. The smallest absolute Gasteiger partial charge is 0.400 e. The molecule has 0 aliphatic carbocycles. The van der Waals surface area contributed by atoms with Crippen LogP contribution in [0, 0.1) is 0 Å². The fourth-order valence-electron chi connectivity index (χ4n) is 2.26. The number of carbonyl (C=O) groups excluding carboxylic acids is 1.